The molecule has 0 saturated carbocycles. The first kappa shape index (κ1) is 11.9. The van der Waals surface area contributed by atoms with Crippen molar-refractivity contribution in [1.82, 2.24) is 15.1 Å². The normalized spacial score (nSPS) is 44.1. The molecule has 3 atom stereocenters. The van der Waals surface area contributed by atoms with E-state index in [1.54, 1.807) is 0 Å². The molecule has 1 N–H and O–H groups in total. The standard InChI is InChI=1S/C14H27N3/c1-14(6-7-15-10-14)11-17-8-5-12-3-4-13(9-17)16(12)2/h12-13,15H,3-11H2,1-2H3. The van der Waals surface area contributed by atoms with Crippen LogP contribution in [0.3, 0.4) is 0 Å². The van der Waals surface area contributed by atoms with Gasteiger partial charge in [0.1, 0.15) is 0 Å². The fraction of sp³-hybridized carbons (Fsp3) is 1.00. The number of hydrogen-bond donors (Lipinski definition) is 1. The van der Waals surface area contributed by atoms with Crippen LogP contribution in [0.1, 0.15) is 32.6 Å². The van der Waals surface area contributed by atoms with Crippen molar-refractivity contribution in [2.24, 2.45) is 5.41 Å². The summed E-state index contributed by atoms with van der Waals surface area (Å²) in [5.41, 5.74) is 0.530. The molecule has 0 aromatic heterocycles. The van der Waals surface area contributed by atoms with E-state index in [2.05, 4.69) is 29.1 Å². The number of hydrogen-bond acceptors (Lipinski definition) is 3. The van der Waals surface area contributed by atoms with E-state index in [-0.39, 0.29) is 0 Å². The monoisotopic (exact) mass is 237 g/mol. The summed E-state index contributed by atoms with van der Waals surface area (Å²) in [7, 11) is 2.34. The highest BCUT2D eigenvalue weighted by Crippen LogP contribution is 2.31. The topological polar surface area (TPSA) is 18.5 Å². The highest BCUT2D eigenvalue weighted by atomic mass is 15.3. The van der Waals surface area contributed by atoms with Gasteiger partial charge >= 0.3 is 0 Å². The minimum absolute atomic E-state index is 0.530. The molecule has 0 amide bonds. The van der Waals surface area contributed by atoms with Gasteiger partial charge in [0, 0.05) is 31.7 Å². The lowest BCUT2D eigenvalue weighted by Crippen LogP contribution is -2.42. The molecule has 3 aliphatic heterocycles. The summed E-state index contributed by atoms with van der Waals surface area (Å²) in [6.07, 6.45) is 5.60. The van der Waals surface area contributed by atoms with Gasteiger partial charge in [-0.2, -0.15) is 0 Å². The largest absolute Gasteiger partial charge is 0.316 e. The number of fused-ring (bicyclic) bond motifs is 2. The average molecular weight is 237 g/mol. The molecule has 3 fully saturated rings. The van der Waals surface area contributed by atoms with Crippen molar-refractivity contribution in [3.63, 3.8) is 0 Å². The minimum Gasteiger partial charge on any atom is -0.316 e. The van der Waals surface area contributed by atoms with Crippen molar-refractivity contribution in [3.8, 4) is 0 Å². The smallest absolute Gasteiger partial charge is 0.0223 e. The summed E-state index contributed by atoms with van der Waals surface area (Å²) in [6, 6.07) is 1.71. The predicted molar refractivity (Wildman–Crippen MR) is 71.2 cm³/mol. The highest BCUT2D eigenvalue weighted by molar-refractivity contribution is 4.94. The van der Waals surface area contributed by atoms with Gasteiger partial charge in [0.25, 0.3) is 0 Å². The number of likely N-dealkylation sites (N-methyl/N-ethyl adjacent to an activating group) is 1. The van der Waals surface area contributed by atoms with Gasteiger partial charge in [-0.3, -0.25) is 4.90 Å². The number of nitrogens with one attached hydrogen (secondary N) is 1. The molecule has 3 aliphatic rings. The van der Waals surface area contributed by atoms with Crippen LogP contribution in [0.2, 0.25) is 0 Å². The fourth-order valence-corrected chi connectivity index (χ4v) is 4.07. The van der Waals surface area contributed by atoms with E-state index < -0.39 is 0 Å². The molecule has 17 heavy (non-hydrogen) atoms. The summed E-state index contributed by atoms with van der Waals surface area (Å²) in [6.45, 7) is 8.82. The van der Waals surface area contributed by atoms with Gasteiger partial charge in [-0.05, 0) is 51.2 Å². The zero-order chi connectivity index (χ0) is 11.9. The molecule has 0 aromatic rings. The molecule has 3 nitrogen and oxygen atoms in total. The molecule has 3 heteroatoms. The maximum atomic E-state index is 3.52. The van der Waals surface area contributed by atoms with Crippen molar-refractivity contribution in [3.05, 3.63) is 0 Å². The Kier molecular flexibility index (Phi) is 3.18. The van der Waals surface area contributed by atoms with E-state index in [0.717, 1.165) is 12.1 Å². The molecule has 2 bridgehead atoms. The zero-order valence-electron chi connectivity index (χ0n) is 11.4. The van der Waals surface area contributed by atoms with Crippen LogP contribution in [-0.2, 0) is 0 Å². The summed E-state index contributed by atoms with van der Waals surface area (Å²) >= 11 is 0. The number of nitrogens with zero attached hydrogens (tertiary/aromatic N) is 2. The SMILES string of the molecule is CN1C2CCC1CN(CC1(C)CCNC1)CC2. The Morgan fingerprint density at radius 3 is 2.82 bits per heavy atom. The summed E-state index contributed by atoms with van der Waals surface area (Å²) in [4.78, 5) is 5.39. The van der Waals surface area contributed by atoms with Crippen molar-refractivity contribution < 1.29 is 0 Å². The molecule has 0 aliphatic carbocycles. The van der Waals surface area contributed by atoms with Gasteiger partial charge < -0.3 is 10.2 Å². The van der Waals surface area contributed by atoms with Crippen molar-refractivity contribution in [2.45, 2.75) is 44.7 Å². The van der Waals surface area contributed by atoms with Crippen LogP contribution < -0.4 is 5.32 Å². The van der Waals surface area contributed by atoms with Crippen molar-refractivity contribution in [1.29, 1.82) is 0 Å². The third-order valence-corrected chi connectivity index (χ3v) is 5.29. The van der Waals surface area contributed by atoms with Gasteiger partial charge in [0.15, 0.2) is 0 Å². The van der Waals surface area contributed by atoms with Crippen LogP contribution in [0, 0.1) is 5.41 Å². The van der Waals surface area contributed by atoms with E-state index in [0.29, 0.717) is 5.41 Å². The Morgan fingerprint density at radius 1 is 1.24 bits per heavy atom. The van der Waals surface area contributed by atoms with Crippen LogP contribution in [0.5, 0.6) is 0 Å². The Hall–Kier alpha value is -0.120. The molecule has 0 radical (unpaired) electrons. The second-order valence-electron chi connectivity index (χ2n) is 6.81. The molecule has 0 spiro atoms. The number of rotatable bonds is 2. The third kappa shape index (κ3) is 2.38. The lowest BCUT2D eigenvalue weighted by atomic mass is 9.89. The second kappa shape index (κ2) is 4.52. The molecular formula is C14H27N3. The molecule has 3 unspecified atom stereocenters. The molecule has 3 heterocycles. The first-order valence-corrected chi connectivity index (χ1v) is 7.31. The average Bonchev–Trinajstić information content (AvgIpc) is 2.78. The summed E-state index contributed by atoms with van der Waals surface area (Å²) in [5, 5.41) is 3.52. The van der Waals surface area contributed by atoms with Crippen LogP contribution in [0.15, 0.2) is 0 Å². The first-order chi connectivity index (χ1) is 8.16. The van der Waals surface area contributed by atoms with E-state index in [1.165, 1.54) is 58.4 Å². The first-order valence-electron chi connectivity index (χ1n) is 7.31. The van der Waals surface area contributed by atoms with E-state index in [1.807, 2.05) is 0 Å². The van der Waals surface area contributed by atoms with Gasteiger partial charge in [-0.25, -0.2) is 0 Å². The van der Waals surface area contributed by atoms with Crippen LogP contribution in [0.4, 0.5) is 0 Å². The van der Waals surface area contributed by atoms with Crippen molar-refractivity contribution >= 4 is 0 Å². The van der Waals surface area contributed by atoms with Crippen LogP contribution in [-0.4, -0.2) is 61.7 Å². The summed E-state index contributed by atoms with van der Waals surface area (Å²) in [5.74, 6) is 0. The molecule has 98 valence electrons. The zero-order valence-corrected chi connectivity index (χ0v) is 11.4. The molecule has 0 aromatic carbocycles. The van der Waals surface area contributed by atoms with E-state index in [4.69, 9.17) is 0 Å². The number of likely N-dealkylation sites (tertiary alicyclic amines) is 1. The van der Waals surface area contributed by atoms with E-state index >= 15 is 0 Å². The minimum atomic E-state index is 0.530. The quantitative estimate of drug-likeness (QED) is 0.777. The fourth-order valence-electron chi connectivity index (χ4n) is 4.07. The van der Waals surface area contributed by atoms with Crippen LogP contribution >= 0.6 is 0 Å². The third-order valence-electron chi connectivity index (χ3n) is 5.29. The van der Waals surface area contributed by atoms with Crippen molar-refractivity contribution in [2.75, 3.05) is 39.8 Å². The second-order valence-corrected chi connectivity index (χ2v) is 6.81. The molecule has 3 saturated heterocycles. The van der Waals surface area contributed by atoms with Gasteiger partial charge in [0.2, 0.25) is 0 Å². The lowest BCUT2D eigenvalue weighted by Gasteiger charge is -2.33. The van der Waals surface area contributed by atoms with E-state index in [9.17, 15) is 0 Å². The van der Waals surface area contributed by atoms with Gasteiger partial charge in [-0.15, -0.1) is 0 Å². The Labute approximate surface area is 106 Å². The Bertz CT molecular complexity index is 273. The Balaban J connectivity index is 1.61. The highest BCUT2D eigenvalue weighted by Gasteiger charge is 2.37. The van der Waals surface area contributed by atoms with Gasteiger partial charge in [0.05, 0.1) is 0 Å². The lowest BCUT2D eigenvalue weighted by molar-refractivity contribution is 0.160. The van der Waals surface area contributed by atoms with Crippen LogP contribution in [0.25, 0.3) is 0 Å². The molecule has 3 rings (SSSR count). The predicted octanol–water partition coefficient (Wildman–Crippen LogP) is 1.15. The maximum Gasteiger partial charge on any atom is 0.0223 e. The van der Waals surface area contributed by atoms with Gasteiger partial charge in [-0.1, -0.05) is 6.92 Å². The molecular weight excluding hydrogens is 210 g/mol. The maximum absolute atomic E-state index is 3.52. The Morgan fingerprint density at radius 2 is 2.06 bits per heavy atom. The summed E-state index contributed by atoms with van der Waals surface area (Å²) < 4.78 is 0.